The van der Waals surface area contributed by atoms with E-state index < -0.39 is 27.4 Å². The van der Waals surface area contributed by atoms with Gasteiger partial charge in [0.05, 0.1) is 5.75 Å². The maximum absolute atomic E-state index is 13.1. The molecule has 1 aromatic carbocycles. The van der Waals surface area contributed by atoms with E-state index in [1.807, 2.05) is 10.8 Å². The molecule has 1 heterocycles. The van der Waals surface area contributed by atoms with Crippen LogP contribution in [0.15, 0.2) is 30.6 Å². The van der Waals surface area contributed by atoms with Gasteiger partial charge in [-0.05, 0) is 30.5 Å². The van der Waals surface area contributed by atoms with Crippen molar-refractivity contribution in [2.45, 2.75) is 31.1 Å². The number of halogens is 2. The molecule has 0 unspecified atom stereocenters. The predicted molar refractivity (Wildman–Crippen MR) is 81.2 cm³/mol. The zero-order valence-electron chi connectivity index (χ0n) is 12.4. The molecule has 1 fully saturated rings. The molecule has 0 aliphatic heterocycles. The number of sulfonamides is 1. The lowest BCUT2D eigenvalue weighted by molar-refractivity contribution is 0.566. The molecule has 1 aliphatic carbocycles. The number of hydrogen-bond acceptors (Lipinski definition) is 3. The summed E-state index contributed by atoms with van der Waals surface area (Å²) in [5.74, 6) is -0.570. The van der Waals surface area contributed by atoms with Crippen molar-refractivity contribution in [1.29, 1.82) is 0 Å². The number of benzene rings is 1. The van der Waals surface area contributed by atoms with Crippen molar-refractivity contribution in [2.24, 2.45) is 0 Å². The lowest BCUT2D eigenvalue weighted by Crippen LogP contribution is -2.28. The van der Waals surface area contributed by atoms with Crippen LogP contribution in [0.1, 0.15) is 30.1 Å². The SMILES string of the molecule is O=S(=O)(Cc1cc(F)cc(F)c1)NCCn1ccnc1C1CC1. The van der Waals surface area contributed by atoms with Gasteiger partial charge in [0.2, 0.25) is 10.0 Å². The zero-order valence-corrected chi connectivity index (χ0v) is 13.2. The van der Waals surface area contributed by atoms with Gasteiger partial charge in [0.15, 0.2) is 0 Å². The van der Waals surface area contributed by atoms with Gasteiger partial charge in [-0.15, -0.1) is 0 Å². The molecule has 1 aromatic heterocycles. The molecule has 0 spiro atoms. The normalized spacial score (nSPS) is 15.0. The number of nitrogens with zero attached hydrogens (tertiary/aromatic N) is 2. The fraction of sp³-hybridized carbons (Fsp3) is 0.400. The van der Waals surface area contributed by atoms with Gasteiger partial charge in [0, 0.05) is 37.5 Å². The van der Waals surface area contributed by atoms with Crippen LogP contribution in [0.2, 0.25) is 0 Å². The molecule has 5 nitrogen and oxygen atoms in total. The van der Waals surface area contributed by atoms with Crippen LogP contribution in [0, 0.1) is 11.6 Å². The Kier molecular flexibility index (Phi) is 4.45. The largest absolute Gasteiger partial charge is 0.333 e. The van der Waals surface area contributed by atoms with E-state index in [1.54, 1.807) is 6.20 Å². The Balaban J connectivity index is 1.57. The van der Waals surface area contributed by atoms with Gasteiger partial charge in [-0.2, -0.15) is 0 Å². The van der Waals surface area contributed by atoms with Crippen LogP contribution >= 0.6 is 0 Å². The summed E-state index contributed by atoms with van der Waals surface area (Å²) >= 11 is 0. The first kappa shape index (κ1) is 16.1. The van der Waals surface area contributed by atoms with Crippen LogP contribution < -0.4 is 4.72 Å². The molecule has 8 heteroatoms. The molecule has 23 heavy (non-hydrogen) atoms. The fourth-order valence-electron chi connectivity index (χ4n) is 2.50. The van der Waals surface area contributed by atoms with Crippen LogP contribution in [0.5, 0.6) is 0 Å². The Hall–Kier alpha value is -1.80. The van der Waals surface area contributed by atoms with Gasteiger partial charge >= 0.3 is 0 Å². The van der Waals surface area contributed by atoms with Crippen molar-refractivity contribution < 1.29 is 17.2 Å². The maximum Gasteiger partial charge on any atom is 0.215 e. The molecule has 0 saturated heterocycles. The van der Waals surface area contributed by atoms with Crippen molar-refractivity contribution in [3.63, 3.8) is 0 Å². The molecular formula is C15H17F2N3O2S. The van der Waals surface area contributed by atoms with E-state index in [4.69, 9.17) is 0 Å². The number of nitrogens with one attached hydrogen (secondary N) is 1. The Morgan fingerprint density at radius 1 is 1.22 bits per heavy atom. The van der Waals surface area contributed by atoms with Gasteiger partial charge in [0.1, 0.15) is 17.5 Å². The van der Waals surface area contributed by atoms with Crippen LogP contribution in [-0.4, -0.2) is 24.5 Å². The molecule has 0 amide bonds. The Bertz CT molecular complexity index is 781. The highest BCUT2D eigenvalue weighted by molar-refractivity contribution is 7.88. The highest BCUT2D eigenvalue weighted by Crippen LogP contribution is 2.38. The highest BCUT2D eigenvalue weighted by atomic mass is 32.2. The van der Waals surface area contributed by atoms with Gasteiger partial charge in [-0.1, -0.05) is 0 Å². The van der Waals surface area contributed by atoms with E-state index in [2.05, 4.69) is 9.71 Å². The lowest BCUT2D eigenvalue weighted by Gasteiger charge is -2.09. The summed E-state index contributed by atoms with van der Waals surface area (Å²) in [5.41, 5.74) is 0.0799. The third-order valence-electron chi connectivity index (χ3n) is 3.64. The molecule has 124 valence electrons. The third kappa shape index (κ3) is 4.35. The lowest BCUT2D eigenvalue weighted by atomic mass is 10.2. The Morgan fingerprint density at radius 3 is 2.57 bits per heavy atom. The van der Waals surface area contributed by atoms with E-state index in [1.165, 1.54) is 0 Å². The molecule has 0 atom stereocenters. The van der Waals surface area contributed by atoms with Crippen molar-refractivity contribution in [2.75, 3.05) is 6.54 Å². The minimum Gasteiger partial charge on any atom is -0.333 e. The Labute approximate surface area is 133 Å². The van der Waals surface area contributed by atoms with E-state index in [-0.39, 0.29) is 12.1 Å². The van der Waals surface area contributed by atoms with Crippen molar-refractivity contribution in [3.05, 3.63) is 53.6 Å². The van der Waals surface area contributed by atoms with E-state index in [0.29, 0.717) is 18.5 Å². The summed E-state index contributed by atoms with van der Waals surface area (Å²) in [6.45, 7) is 0.679. The molecular weight excluding hydrogens is 324 g/mol. The zero-order chi connectivity index (χ0) is 16.4. The van der Waals surface area contributed by atoms with Crippen molar-refractivity contribution >= 4 is 10.0 Å². The second kappa shape index (κ2) is 6.37. The van der Waals surface area contributed by atoms with Gasteiger partial charge < -0.3 is 4.57 Å². The summed E-state index contributed by atoms with van der Waals surface area (Å²) in [6, 6.07) is 2.74. The predicted octanol–water partition coefficient (Wildman–Crippen LogP) is 2.16. The molecule has 1 aliphatic rings. The standard InChI is InChI=1S/C15H17F2N3O2S/c16-13-7-11(8-14(17)9-13)10-23(21,22)19-4-6-20-5-3-18-15(20)12-1-2-12/h3,5,7-9,12,19H,1-2,4,6,10H2. The smallest absolute Gasteiger partial charge is 0.215 e. The molecule has 0 bridgehead atoms. The van der Waals surface area contributed by atoms with E-state index >= 15 is 0 Å². The second-order valence-corrected chi connectivity index (χ2v) is 7.49. The number of imidazole rings is 1. The van der Waals surface area contributed by atoms with Crippen LogP contribution in [-0.2, 0) is 22.3 Å². The number of rotatable bonds is 7. The summed E-state index contributed by atoms with van der Waals surface area (Å²) in [4.78, 5) is 4.28. The summed E-state index contributed by atoms with van der Waals surface area (Å²) in [6.07, 6.45) is 5.77. The minimum atomic E-state index is -3.66. The first-order chi connectivity index (χ1) is 10.9. The second-order valence-electron chi connectivity index (χ2n) is 5.68. The van der Waals surface area contributed by atoms with Crippen LogP contribution in [0.3, 0.4) is 0 Å². The van der Waals surface area contributed by atoms with Crippen LogP contribution in [0.25, 0.3) is 0 Å². The van der Waals surface area contributed by atoms with E-state index in [0.717, 1.165) is 30.8 Å². The van der Waals surface area contributed by atoms with Crippen LogP contribution in [0.4, 0.5) is 8.78 Å². The monoisotopic (exact) mass is 341 g/mol. The van der Waals surface area contributed by atoms with Crippen molar-refractivity contribution in [3.8, 4) is 0 Å². The van der Waals surface area contributed by atoms with Gasteiger partial charge in [0.25, 0.3) is 0 Å². The number of aromatic nitrogens is 2. The summed E-state index contributed by atoms with van der Waals surface area (Å²) < 4.78 is 54.6. The highest BCUT2D eigenvalue weighted by Gasteiger charge is 2.27. The summed E-state index contributed by atoms with van der Waals surface area (Å²) in [5, 5.41) is 0. The molecule has 1 saturated carbocycles. The summed E-state index contributed by atoms with van der Waals surface area (Å²) in [7, 11) is -3.66. The average Bonchev–Trinajstić information content (AvgIpc) is 3.17. The average molecular weight is 341 g/mol. The first-order valence-corrected chi connectivity index (χ1v) is 9.01. The van der Waals surface area contributed by atoms with Gasteiger partial charge in [-0.25, -0.2) is 26.9 Å². The maximum atomic E-state index is 13.1. The number of hydrogen-bond donors (Lipinski definition) is 1. The molecule has 1 N–H and O–H groups in total. The quantitative estimate of drug-likeness (QED) is 0.839. The molecule has 3 rings (SSSR count). The molecule has 2 aromatic rings. The topological polar surface area (TPSA) is 64.0 Å². The fourth-order valence-corrected chi connectivity index (χ4v) is 3.61. The molecule has 0 radical (unpaired) electrons. The minimum absolute atomic E-state index is 0.0799. The van der Waals surface area contributed by atoms with E-state index in [9.17, 15) is 17.2 Å². The third-order valence-corrected chi connectivity index (χ3v) is 5.00. The Morgan fingerprint density at radius 2 is 1.91 bits per heavy atom. The van der Waals surface area contributed by atoms with Gasteiger partial charge in [-0.3, -0.25) is 0 Å². The van der Waals surface area contributed by atoms with Crippen molar-refractivity contribution in [1.82, 2.24) is 14.3 Å². The first-order valence-electron chi connectivity index (χ1n) is 7.36.